The summed E-state index contributed by atoms with van der Waals surface area (Å²) in [6, 6.07) is 10.6. The third-order valence-corrected chi connectivity index (χ3v) is 8.41. The molecule has 4 fully saturated rings. The van der Waals surface area contributed by atoms with Gasteiger partial charge in [0.15, 0.2) is 0 Å². The van der Waals surface area contributed by atoms with E-state index in [1.807, 2.05) is 6.07 Å². The Kier molecular flexibility index (Phi) is 5.81. The maximum atomic E-state index is 13.8. The lowest BCUT2D eigenvalue weighted by Gasteiger charge is -2.45. The van der Waals surface area contributed by atoms with Gasteiger partial charge in [0, 0.05) is 29.9 Å². The molecule has 198 valence electrons. The van der Waals surface area contributed by atoms with Crippen LogP contribution in [0.3, 0.4) is 0 Å². The molecule has 8 rings (SSSR count). The number of fused-ring (bicyclic) bond motifs is 4. The zero-order valence-corrected chi connectivity index (χ0v) is 22.0. The van der Waals surface area contributed by atoms with E-state index in [9.17, 15) is 11.0 Å². The lowest BCUT2D eigenvalue weighted by atomic mass is 9.83. The van der Waals surface area contributed by atoms with E-state index in [0.717, 1.165) is 45.3 Å². The number of benzene rings is 2. The van der Waals surface area contributed by atoms with Crippen molar-refractivity contribution in [2.45, 2.75) is 43.8 Å². The molecule has 0 radical (unpaired) electrons. The van der Waals surface area contributed by atoms with E-state index in [1.165, 1.54) is 12.1 Å². The first-order valence-electron chi connectivity index (χ1n) is 13.9. The van der Waals surface area contributed by atoms with Crippen LogP contribution in [0.4, 0.5) is 15.8 Å². The fourth-order valence-corrected chi connectivity index (χ4v) is 6.11. The van der Waals surface area contributed by atoms with E-state index in [1.54, 1.807) is 35.3 Å². The first-order valence-corrected chi connectivity index (χ1v) is 13.8. The van der Waals surface area contributed by atoms with Gasteiger partial charge in [0.25, 0.3) is 0 Å². The van der Waals surface area contributed by atoms with Gasteiger partial charge in [-0.3, -0.25) is 4.98 Å². The zero-order valence-electron chi connectivity index (χ0n) is 22.2. The molecule has 3 aliphatic heterocycles. The summed E-state index contributed by atoms with van der Waals surface area (Å²) in [6.07, 6.45) is 7.67. The summed E-state index contributed by atoms with van der Waals surface area (Å²) < 4.78 is 25.2. The zero-order chi connectivity index (χ0) is 27.4. The number of anilines is 2. The van der Waals surface area contributed by atoms with Gasteiger partial charge in [-0.05, 0) is 74.5 Å². The molecule has 2 bridgehead atoms. The quantitative estimate of drug-likeness (QED) is 0.316. The molecule has 10 heteroatoms. The standard InChI is InChI=1S/C29H28ClFN8/c30-24-12-21(34-28(18-1-3-20(31)4-2-18)26-16-39(37-36-26)22-5-6-22)11-23-27(19(13-32)14-33-29(23)24)35-25-15-38-9-7-17(25)8-10-38/h1-4,11-12,14,16-17,22,25,28,34H,5-10,15H2,(H,33,35)/t25?,28-/m0/s1/i28D. The van der Waals surface area contributed by atoms with E-state index in [0.29, 0.717) is 56.1 Å². The maximum Gasteiger partial charge on any atom is 0.123 e. The fourth-order valence-electron chi connectivity index (χ4n) is 5.84. The van der Waals surface area contributed by atoms with Crippen molar-refractivity contribution in [2.24, 2.45) is 5.92 Å². The van der Waals surface area contributed by atoms with Crippen LogP contribution in [0, 0.1) is 23.1 Å². The van der Waals surface area contributed by atoms with Crippen LogP contribution in [0.15, 0.2) is 48.8 Å². The predicted octanol–water partition coefficient (Wildman–Crippen LogP) is 5.53. The minimum absolute atomic E-state index is 0.225. The predicted molar refractivity (Wildman–Crippen MR) is 148 cm³/mol. The second-order valence-corrected chi connectivity index (χ2v) is 11.1. The van der Waals surface area contributed by atoms with Crippen LogP contribution in [0.2, 0.25) is 5.02 Å². The van der Waals surface area contributed by atoms with Crippen LogP contribution in [-0.4, -0.2) is 50.6 Å². The van der Waals surface area contributed by atoms with Gasteiger partial charge in [-0.1, -0.05) is 28.9 Å². The van der Waals surface area contributed by atoms with Crippen molar-refractivity contribution in [3.63, 3.8) is 0 Å². The third-order valence-electron chi connectivity index (χ3n) is 8.12. The third kappa shape index (κ3) is 4.68. The molecule has 4 aliphatic rings. The molecule has 8 nitrogen and oxygen atoms in total. The van der Waals surface area contributed by atoms with Crippen molar-refractivity contribution in [1.29, 1.82) is 5.26 Å². The molecule has 2 atom stereocenters. The largest absolute Gasteiger partial charge is 0.379 e. The minimum atomic E-state index is -1.58. The summed E-state index contributed by atoms with van der Waals surface area (Å²) >= 11 is 6.77. The lowest BCUT2D eigenvalue weighted by Crippen LogP contribution is -2.53. The normalized spacial score (nSPS) is 24.1. The number of hydrogen-bond acceptors (Lipinski definition) is 7. The summed E-state index contributed by atoms with van der Waals surface area (Å²) in [5, 5.41) is 26.7. The molecule has 39 heavy (non-hydrogen) atoms. The summed E-state index contributed by atoms with van der Waals surface area (Å²) in [7, 11) is 0. The number of hydrogen-bond donors (Lipinski definition) is 2. The molecular formula is C29H28ClFN8. The molecule has 0 spiro atoms. The number of pyridine rings is 1. The highest BCUT2D eigenvalue weighted by Crippen LogP contribution is 2.38. The summed E-state index contributed by atoms with van der Waals surface area (Å²) in [4.78, 5) is 6.96. The molecule has 2 N–H and O–H groups in total. The summed E-state index contributed by atoms with van der Waals surface area (Å²) in [5.74, 6) is 0.157. The highest BCUT2D eigenvalue weighted by molar-refractivity contribution is 6.35. The van der Waals surface area contributed by atoms with Crippen molar-refractivity contribution in [2.75, 3.05) is 30.3 Å². The van der Waals surface area contributed by atoms with Gasteiger partial charge in [-0.2, -0.15) is 5.26 Å². The van der Waals surface area contributed by atoms with Crippen molar-refractivity contribution in [3.8, 4) is 6.07 Å². The molecule has 4 aromatic rings. The monoisotopic (exact) mass is 543 g/mol. The summed E-state index contributed by atoms with van der Waals surface area (Å²) in [6.45, 7) is 3.17. The Morgan fingerprint density at radius 1 is 1.15 bits per heavy atom. The van der Waals surface area contributed by atoms with Crippen molar-refractivity contribution in [3.05, 3.63) is 76.5 Å². The van der Waals surface area contributed by atoms with E-state index < -0.39 is 6.02 Å². The Bertz CT molecular complexity index is 1620. The Morgan fingerprint density at radius 2 is 1.95 bits per heavy atom. The van der Waals surface area contributed by atoms with Gasteiger partial charge in [0.2, 0.25) is 0 Å². The molecule has 3 saturated heterocycles. The lowest BCUT2D eigenvalue weighted by molar-refractivity contribution is 0.0976. The molecular weight excluding hydrogens is 515 g/mol. The van der Waals surface area contributed by atoms with E-state index >= 15 is 0 Å². The number of rotatable bonds is 7. The highest BCUT2D eigenvalue weighted by atomic mass is 35.5. The Hall–Kier alpha value is -3.74. The number of nitrogens with one attached hydrogen (secondary N) is 2. The SMILES string of the molecule is [2H][C@](Nc1cc(Cl)c2ncc(C#N)c(NC3CN4CCC3CC4)c2c1)(c1ccc(F)cc1)c1cn(C2CC2)nn1. The van der Waals surface area contributed by atoms with E-state index in [-0.39, 0.29) is 11.9 Å². The Morgan fingerprint density at radius 3 is 2.64 bits per heavy atom. The van der Waals surface area contributed by atoms with Crippen LogP contribution in [0.25, 0.3) is 10.9 Å². The van der Waals surface area contributed by atoms with E-state index in [4.69, 9.17) is 11.6 Å². The van der Waals surface area contributed by atoms with Crippen molar-refractivity contribution >= 4 is 33.9 Å². The minimum Gasteiger partial charge on any atom is -0.379 e. The number of nitrogens with zero attached hydrogens (tertiary/aromatic N) is 6. The number of halogens is 2. The van der Waals surface area contributed by atoms with Gasteiger partial charge in [-0.15, -0.1) is 5.10 Å². The maximum absolute atomic E-state index is 13.8. The summed E-state index contributed by atoms with van der Waals surface area (Å²) in [5.41, 5.74) is 3.16. The molecule has 2 aromatic carbocycles. The topological polar surface area (TPSA) is 94.7 Å². The van der Waals surface area contributed by atoms with Gasteiger partial charge < -0.3 is 15.5 Å². The second-order valence-electron chi connectivity index (χ2n) is 10.7. The van der Waals surface area contributed by atoms with Gasteiger partial charge in [0.05, 0.1) is 41.4 Å². The fraction of sp³-hybridized carbons (Fsp3) is 0.379. The first kappa shape index (κ1) is 23.2. The second kappa shape index (κ2) is 9.78. The van der Waals surface area contributed by atoms with Crippen LogP contribution >= 0.6 is 11.6 Å². The van der Waals surface area contributed by atoms with Crippen molar-refractivity contribution < 1.29 is 5.76 Å². The van der Waals surface area contributed by atoms with Crippen LogP contribution in [-0.2, 0) is 0 Å². The van der Waals surface area contributed by atoms with Gasteiger partial charge >= 0.3 is 0 Å². The van der Waals surface area contributed by atoms with Crippen molar-refractivity contribution in [1.82, 2.24) is 24.9 Å². The molecule has 1 unspecified atom stereocenters. The highest BCUT2D eigenvalue weighted by Gasteiger charge is 2.35. The molecule has 0 amide bonds. The van der Waals surface area contributed by atoms with Crippen LogP contribution < -0.4 is 10.6 Å². The van der Waals surface area contributed by atoms with Gasteiger partial charge in [-0.25, -0.2) is 9.07 Å². The molecule has 5 heterocycles. The smallest absolute Gasteiger partial charge is 0.123 e. The first-order chi connectivity index (χ1) is 19.4. The Balaban J connectivity index is 1.31. The average molecular weight is 544 g/mol. The van der Waals surface area contributed by atoms with Crippen LogP contribution in [0.1, 0.15) is 55.9 Å². The number of piperidine rings is 3. The molecule has 1 aliphatic carbocycles. The van der Waals surface area contributed by atoms with Gasteiger partial charge in [0.1, 0.15) is 17.6 Å². The van der Waals surface area contributed by atoms with E-state index in [2.05, 4.69) is 36.9 Å². The Labute approximate surface area is 232 Å². The number of aromatic nitrogens is 4. The molecule has 2 aromatic heterocycles. The van der Waals surface area contributed by atoms with Crippen LogP contribution in [0.5, 0.6) is 0 Å². The average Bonchev–Trinajstić information content (AvgIpc) is 3.70. The molecule has 1 saturated carbocycles. The number of nitriles is 1.